The molecule has 2 amide bonds. The van der Waals surface area contributed by atoms with Gasteiger partial charge in [0.2, 0.25) is 0 Å². The van der Waals surface area contributed by atoms with E-state index >= 15 is 0 Å². The predicted octanol–water partition coefficient (Wildman–Crippen LogP) is 1.53. The van der Waals surface area contributed by atoms with Crippen LogP contribution in [0.1, 0.15) is 0 Å². The Morgan fingerprint density at radius 2 is 1.19 bits per heavy atom. The number of amides is 2. The number of nitrogens with zero attached hydrogens (tertiary/aromatic N) is 2. The van der Waals surface area contributed by atoms with Crippen LogP contribution < -0.4 is 0 Å². The SMILES string of the molecule is COC(=O)N=C1C=CC(=NC(=O)OC)C=C1. The molecule has 0 spiro atoms. The minimum absolute atomic E-state index is 0.427. The molecule has 0 atom stereocenters. The van der Waals surface area contributed by atoms with Crippen LogP contribution in [0.15, 0.2) is 34.3 Å². The van der Waals surface area contributed by atoms with Crippen LogP contribution in [0.5, 0.6) is 0 Å². The quantitative estimate of drug-likeness (QED) is 0.582. The second-order valence-electron chi connectivity index (χ2n) is 2.68. The summed E-state index contributed by atoms with van der Waals surface area (Å²) in [4.78, 5) is 28.8. The van der Waals surface area contributed by atoms with E-state index in [1.54, 1.807) is 24.3 Å². The molecule has 1 aliphatic rings. The van der Waals surface area contributed by atoms with Gasteiger partial charge in [-0.2, -0.15) is 9.98 Å². The largest absolute Gasteiger partial charge is 0.451 e. The van der Waals surface area contributed by atoms with Crippen LogP contribution >= 0.6 is 0 Å². The standard InChI is InChI=1S/C10H10N2O4/c1-15-9(13)11-7-3-5-8(6-4-7)12-10(14)16-2/h3-6H,1-2H3. The van der Waals surface area contributed by atoms with Crippen LogP contribution in [0.25, 0.3) is 0 Å². The van der Waals surface area contributed by atoms with E-state index in [2.05, 4.69) is 19.5 Å². The van der Waals surface area contributed by atoms with Crippen molar-refractivity contribution < 1.29 is 19.1 Å². The smallest absolute Gasteiger partial charge is 0.433 e. The van der Waals surface area contributed by atoms with Crippen LogP contribution in [0.2, 0.25) is 0 Å². The van der Waals surface area contributed by atoms with E-state index in [9.17, 15) is 9.59 Å². The summed E-state index contributed by atoms with van der Waals surface area (Å²) in [5.74, 6) is 0. The van der Waals surface area contributed by atoms with E-state index < -0.39 is 12.2 Å². The zero-order valence-corrected chi connectivity index (χ0v) is 8.84. The number of allylic oxidation sites excluding steroid dienone is 4. The van der Waals surface area contributed by atoms with Crippen LogP contribution in [-0.2, 0) is 9.47 Å². The summed E-state index contributed by atoms with van der Waals surface area (Å²) < 4.78 is 8.73. The lowest BCUT2D eigenvalue weighted by molar-refractivity contribution is 0.181. The molecule has 1 aliphatic carbocycles. The van der Waals surface area contributed by atoms with Gasteiger partial charge in [0.05, 0.1) is 25.6 Å². The molecule has 6 nitrogen and oxygen atoms in total. The van der Waals surface area contributed by atoms with Gasteiger partial charge in [0, 0.05) is 0 Å². The van der Waals surface area contributed by atoms with Crippen molar-refractivity contribution in [3.05, 3.63) is 24.3 Å². The predicted molar refractivity (Wildman–Crippen MR) is 58.0 cm³/mol. The normalized spacial score (nSPS) is 13.4. The van der Waals surface area contributed by atoms with E-state index in [0.717, 1.165) is 0 Å². The summed E-state index contributed by atoms with van der Waals surface area (Å²) >= 11 is 0. The molecule has 0 saturated heterocycles. The van der Waals surface area contributed by atoms with E-state index in [1.807, 2.05) is 0 Å². The van der Waals surface area contributed by atoms with Crippen molar-refractivity contribution in [2.75, 3.05) is 14.2 Å². The molecule has 0 aromatic heterocycles. The molecular formula is C10H10N2O4. The molecule has 6 heteroatoms. The van der Waals surface area contributed by atoms with Gasteiger partial charge in [-0.3, -0.25) is 0 Å². The summed E-state index contributed by atoms with van der Waals surface area (Å²) in [5, 5.41) is 0. The minimum atomic E-state index is -0.683. The lowest BCUT2D eigenvalue weighted by Crippen LogP contribution is -2.05. The van der Waals surface area contributed by atoms with Gasteiger partial charge in [-0.15, -0.1) is 0 Å². The summed E-state index contributed by atoms with van der Waals surface area (Å²) in [7, 11) is 2.49. The maximum absolute atomic E-state index is 10.8. The first kappa shape index (κ1) is 11.8. The van der Waals surface area contributed by atoms with E-state index in [1.165, 1.54) is 14.2 Å². The van der Waals surface area contributed by atoms with Crippen molar-refractivity contribution in [3.63, 3.8) is 0 Å². The monoisotopic (exact) mass is 222 g/mol. The highest BCUT2D eigenvalue weighted by molar-refractivity contribution is 6.21. The zero-order valence-electron chi connectivity index (χ0n) is 8.84. The number of carbonyl (C=O) groups excluding carboxylic acids is 2. The van der Waals surface area contributed by atoms with Gasteiger partial charge in [-0.25, -0.2) is 9.59 Å². The number of aliphatic imine (C=N–C) groups is 2. The van der Waals surface area contributed by atoms with E-state index in [0.29, 0.717) is 11.4 Å². The molecule has 0 heterocycles. The fraction of sp³-hybridized carbons (Fsp3) is 0.200. The highest BCUT2D eigenvalue weighted by Gasteiger charge is 2.04. The van der Waals surface area contributed by atoms with Crippen molar-refractivity contribution >= 4 is 23.6 Å². The molecular weight excluding hydrogens is 212 g/mol. The molecule has 0 bridgehead atoms. The molecule has 0 radical (unpaired) electrons. The molecule has 0 aliphatic heterocycles. The first-order valence-corrected chi connectivity index (χ1v) is 4.35. The zero-order chi connectivity index (χ0) is 12.0. The van der Waals surface area contributed by atoms with Crippen molar-refractivity contribution in [2.45, 2.75) is 0 Å². The second-order valence-corrected chi connectivity index (χ2v) is 2.68. The maximum Gasteiger partial charge on any atom is 0.433 e. The van der Waals surface area contributed by atoms with Crippen molar-refractivity contribution in [1.29, 1.82) is 0 Å². The van der Waals surface area contributed by atoms with Crippen molar-refractivity contribution in [1.82, 2.24) is 0 Å². The van der Waals surface area contributed by atoms with Gasteiger partial charge in [0.1, 0.15) is 0 Å². The molecule has 0 aromatic carbocycles. The topological polar surface area (TPSA) is 77.3 Å². The van der Waals surface area contributed by atoms with Crippen LogP contribution in [0, 0.1) is 0 Å². The molecule has 0 unspecified atom stereocenters. The summed E-state index contributed by atoms with van der Waals surface area (Å²) in [5.41, 5.74) is 0.853. The van der Waals surface area contributed by atoms with Gasteiger partial charge < -0.3 is 9.47 Å². The highest BCUT2D eigenvalue weighted by Crippen LogP contribution is 1.99. The van der Waals surface area contributed by atoms with Gasteiger partial charge >= 0.3 is 12.2 Å². The molecule has 0 fully saturated rings. The number of ether oxygens (including phenoxy) is 2. The third-order valence-electron chi connectivity index (χ3n) is 1.64. The number of methoxy groups -OCH3 is 2. The lowest BCUT2D eigenvalue weighted by atomic mass is 10.1. The number of hydrogen-bond donors (Lipinski definition) is 0. The molecule has 16 heavy (non-hydrogen) atoms. The van der Waals surface area contributed by atoms with Crippen LogP contribution in [0.3, 0.4) is 0 Å². The molecule has 0 saturated carbocycles. The third kappa shape index (κ3) is 3.49. The number of carbonyl (C=O) groups is 2. The molecule has 0 aromatic rings. The Morgan fingerprint density at radius 1 is 0.875 bits per heavy atom. The maximum atomic E-state index is 10.8. The number of rotatable bonds is 0. The Morgan fingerprint density at radius 3 is 1.44 bits per heavy atom. The fourth-order valence-electron chi connectivity index (χ4n) is 0.904. The van der Waals surface area contributed by atoms with Crippen LogP contribution in [0.4, 0.5) is 9.59 Å². The Bertz CT molecular complexity index is 363. The summed E-state index contributed by atoms with van der Waals surface area (Å²) in [6.07, 6.45) is 4.80. The lowest BCUT2D eigenvalue weighted by Gasteiger charge is -2.00. The van der Waals surface area contributed by atoms with Gasteiger partial charge in [0.25, 0.3) is 0 Å². The van der Waals surface area contributed by atoms with E-state index in [-0.39, 0.29) is 0 Å². The van der Waals surface area contributed by atoms with Crippen molar-refractivity contribution in [3.8, 4) is 0 Å². The van der Waals surface area contributed by atoms with Gasteiger partial charge in [-0.05, 0) is 24.3 Å². The second kappa shape index (κ2) is 5.59. The molecule has 0 N–H and O–H groups in total. The average Bonchev–Trinajstić information content (AvgIpc) is 2.31. The van der Waals surface area contributed by atoms with Crippen molar-refractivity contribution in [2.24, 2.45) is 9.98 Å². The third-order valence-corrected chi connectivity index (χ3v) is 1.64. The Kier molecular flexibility index (Phi) is 4.14. The molecule has 1 rings (SSSR count). The summed E-state index contributed by atoms with van der Waals surface area (Å²) in [6, 6.07) is 0. The Hall–Kier alpha value is -2.24. The molecule has 84 valence electrons. The minimum Gasteiger partial charge on any atom is -0.451 e. The average molecular weight is 222 g/mol. The van der Waals surface area contributed by atoms with E-state index in [4.69, 9.17) is 0 Å². The number of hydrogen-bond acceptors (Lipinski definition) is 4. The fourth-order valence-corrected chi connectivity index (χ4v) is 0.904. The summed E-state index contributed by atoms with van der Waals surface area (Å²) in [6.45, 7) is 0. The first-order valence-electron chi connectivity index (χ1n) is 4.35. The Labute approximate surface area is 92.0 Å². The highest BCUT2D eigenvalue weighted by atomic mass is 16.5. The Balaban J connectivity index is 2.73. The van der Waals surface area contributed by atoms with Crippen LogP contribution in [-0.4, -0.2) is 37.8 Å². The van der Waals surface area contributed by atoms with Gasteiger partial charge in [0.15, 0.2) is 0 Å². The van der Waals surface area contributed by atoms with Gasteiger partial charge in [-0.1, -0.05) is 0 Å². The first-order chi connectivity index (χ1) is 7.65.